The van der Waals surface area contributed by atoms with Crippen molar-refractivity contribution in [3.63, 3.8) is 0 Å². The molecular formula is C24H24N4O4. The summed E-state index contributed by atoms with van der Waals surface area (Å²) in [7, 11) is 4.68. The molecule has 1 N–H and O–H groups in total. The van der Waals surface area contributed by atoms with E-state index in [1.165, 1.54) is 0 Å². The Labute approximate surface area is 185 Å². The predicted octanol–water partition coefficient (Wildman–Crippen LogP) is 4.78. The zero-order chi connectivity index (χ0) is 22.7. The summed E-state index contributed by atoms with van der Waals surface area (Å²) in [5, 5.41) is 4.08. The standard InChI is InChI=1S/C24H24N4O4/c1-5-19(29)15-7-6-8-18(11-15)28-10-9-16-14-25-24(27-23(16)28)26-17-12-20(30-2)22(32-4)21(13-17)31-3/h6-14H,5H2,1-4H3,(H,25,26,27). The van der Waals surface area contributed by atoms with Gasteiger partial charge in [-0.2, -0.15) is 4.98 Å². The number of carbonyl (C=O) groups is 1. The van der Waals surface area contributed by atoms with E-state index in [0.29, 0.717) is 40.9 Å². The van der Waals surface area contributed by atoms with Crippen molar-refractivity contribution in [2.75, 3.05) is 26.6 Å². The van der Waals surface area contributed by atoms with Gasteiger partial charge in [-0.25, -0.2) is 4.98 Å². The molecule has 0 radical (unpaired) electrons. The second-order valence-electron chi connectivity index (χ2n) is 7.02. The fourth-order valence-electron chi connectivity index (χ4n) is 3.50. The molecule has 0 aliphatic rings. The number of nitrogens with one attached hydrogen (secondary N) is 1. The Kier molecular flexibility index (Phi) is 5.93. The van der Waals surface area contributed by atoms with Gasteiger partial charge in [-0.15, -0.1) is 0 Å². The van der Waals surface area contributed by atoms with Gasteiger partial charge < -0.3 is 24.1 Å². The molecule has 8 nitrogen and oxygen atoms in total. The molecule has 8 heteroatoms. The molecule has 4 rings (SSSR count). The van der Waals surface area contributed by atoms with E-state index >= 15 is 0 Å². The van der Waals surface area contributed by atoms with E-state index in [1.54, 1.807) is 39.7 Å². The van der Waals surface area contributed by atoms with Crippen LogP contribution in [0.3, 0.4) is 0 Å². The number of fused-ring (bicyclic) bond motifs is 1. The highest BCUT2D eigenvalue weighted by Crippen LogP contribution is 2.40. The molecular weight excluding hydrogens is 408 g/mol. The zero-order valence-corrected chi connectivity index (χ0v) is 18.4. The van der Waals surface area contributed by atoms with Crippen molar-refractivity contribution in [1.29, 1.82) is 0 Å². The lowest BCUT2D eigenvalue weighted by molar-refractivity contribution is 0.0988. The first-order valence-corrected chi connectivity index (χ1v) is 10.1. The molecule has 4 aromatic rings. The van der Waals surface area contributed by atoms with E-state index in [0.717, 1.165) is 16.7 Å². The van der Waals surface area contributed by atoms with Gasteiger partial charge in [0, 0.05) is 53.3 Å². The molecule has 0 atom stereocenters. The molecule has 0 spiro atoms. The summed E-state index contributed by atoms with van der Waals surface area (Å²) in [5.74, 6) is 2.06. The summed E-state index contributed by atoms with van der Waals surface area (Å²) in [6.45, 7) is 1.86. The zero-order valence-electron chi connectivity index (χ0n) is 18.4. The maximum absolute atomic E-state index is 12.1. The van der Waals surface area contributed by atoms with Crippen LogP contribution < -0.4 is 19.5 Å². The van der Waals surface area contributed by atoms with Crippen LogP contribution in [0, 0.1) is 0 Å². The number of rotatable bonds is 8. The topological polar surface area (TPSA) is 87.5 Å². The van der Waals surface area contributed by atoms with Crippen LogP contribution in [0.25, 0.3) is 16.7 Å². The van der Waals surface area contributed by atoms with E-state index in [9.17, 15) is 4.79 Å². The predicted molar refractivity (Wildman–Crippen MR) is 123 cm³/mol. The molecule has 0 saturated heterocycles. The van der Waals surface area contributed by atoms with Gasteiger partial charge in [-0.05, 0) is 18.2 Å². The molecule has 0 unspecified atom stereocenters. The summed E-state index contributed by atoms with van der Waals surface area (Å²) in [4.78, 5) is 21.2. The molecule has 0 bridgehead atoms. The van der Waals surface area contributed by atoms with Crippen molar-refractivity contribution < 1.29 is 19.0 Å². The third kappa shape index (κ3) is 3.94. The second kappa shape index (κ2) is 8.97. The monoisotopic (exact) mass is 432 g/mol. The van der Waals surface area contributed by atoms with Gasteiger partial charge in [-0.1, -0.05) is 19.1 Å². The van der Waals surface area contributed by atoms with Crippen molar-refractivity contribution in [2.24, 2.45) is 0 Å². The summed E-state index contributed by atoms with van der Waals surface area (Å²) < 4.78 is 18.1. The first-order chi connectivity index (χ1) is 15.6. The van der Waals surface area contributed by atoms with Gasteiger partial charge >= 0.3 is 0 Å². The summed E-state index contributed by atoms with van der Waals surface area (Å²) in [6.07, 6.45) is 4.12. The Hall–Kier alpha value is -4.07. The number of anilines is 2. The van der Waals surface area contributed by atoms with E-state index in [2.05, 4.69) is 10.3 Å². The van der Waals surface area contributed by atoms with Crippen LogP contribution >= 0.6 is 0 Å². The van der Waals surface area contributed by atoms with Crippen LogP contribution in [0.5, 0.6) is 17.2 Å². The van der Waals surface area contributed by atoms with Crippen LogP contribution in [-0.4, -0.2) is 41.6 Å². The Balaban J connectivity index is 1.72. The quantitative estimate of drug-likeness (QED) is 0.401. The van der Waals surface area contributed by atoms with Crippen LogP contribution in [-0.2, 0) is 0 Å². The number of benzene rings is 2. The molecule has 32 heavy (non-hydrogen) atoms. The van der Waals surface area contributed by atoms with E-state index in [-0.39, 0.29) is 5.78 Å². The number of ether oxygens (including phenoxy) is 3. The maximum atomic E-state index is 12.1. The molecule has 0 fully saturated rings. The summed E-state index contributed by atoms with van der Waals surface area (Å²) in [5.41, 5.74) is 2.94. The average Bonchev–Trinajstić information content (AvgIpc) is 3.26. The number of ketones is 1. The number of carbonyl (C=O) groups excluding carboxylic acids is 1. The number of hydrogen-bond donors (Lipinski definition) is 1. The minimum atomic E-state index is 0.0997. The van der Waals surface area contributed by atoms with Crippen LogP contribution in [0.4, 0.5) is 11.6 Å². The van der Waals surface area contributed by atoms with Crippen molar-refractivity contribution in [3.8, 4) is 22.9 Å². The lowest BCUT2D eigenvalue weighted by Gasteiger charge is -2.14. The van der Waals surface area contributed by atoms with Crippen molar-refractivity contribution in [1.82, 2.24) is 14.5 Å². The average molecular weight is 432 g/mol. The van der Waals surface area contributed by atoms with E-state index < -0.39 is 0 Å². The van der Waals surface area contributed by atoms with Crippen LogP contribution in [0.15, 0.2) is 54.9 Å². The minimum absolute atomic E-state index is 0.0997. The van der Waals surface area contributed by atoms with Gasteiger partial charge in [0.1, 0.15) is 5.65 Å². The third-order valence-electron chi connectivity index (χ3n) is 5.12. The van der Waals surface area contributed by atoms with Crippen molar-refractivity contribution in [2.45, 2.75) is 13.3 Å². The second-order valence-corrected chi connectivity index (χ2v) is 7.02. The maximum Gasteiger partial charge on any atom is 0.229 e. The molecule has 2 aromatic heterocycles. The van der Waals surface area contributed by atoms with Crippen LogP contribution in [0.1, 0.15) is 23.7 Å². The number of methoxy groups -OCH3 is 3. The van der Waals surface area contributed by atoms with Gasteiger partial charge in [0.25, 0.3) is 0 Å². The molecule has 2 aromatic carbocycles. The van der Waals surface area contributed by atoms with Crippen LogP contribution in [0.2, 0.25) is 0 Å². The molecule has 0 saturated carbocycles. The van der Waals surface area contributed by atoms with Gasteiger partial charge in [0.15, 0.2) is 17.3 Å². The third-order valence-corrected chi connectivity index (χ3v) is 5.12. The van der Waals surface area contributed by atoms with Crippen molar-refractivity contribution in [3.05, 3.63) is 60.4 Å². The Morgan fingerprint density at radius 2 is 1.78 bits per heavy atom. The van der Waals surface area contributed by atoms with Gasteiger partial charge in [0.05, 0.1) is 21.3 Å². The van der Waals surface area contributed by atoms with Gasteiger partial charge in [0.2, 0.25) is 11.7 Å². The lowest BCUT2D eigenvalue weighted by atomic mass is 10.1. The van der Waals surface area contributed by atoms with E-state index in [1.807, 2.05) is 48.0 Å². The minimum Gasteiger partial charge on any atom is -0.493 e. The molecule has 0 amide bonds. The summed E-state index contributed by atoms with van der Waals surface area (Å²) >= 11 is 0. The molecule has 0 aliphatic carbocycles. The fraction of sp³-hybridized carbons (Fsp3) is 0.208. The Bertz CT molecular complexity index is 1260. The molecule has 164 valence electrons. The first kappa shape index (κ1) is 21.2. The first-order valence-electron chi connectivity index (χ1n) is 10.1. The normalized spacial score (nSPS) is 10.8. The highest BCUT2D eigenvalue weighted by atomic mass is 16.5. The number of nitrogens with zero attached hydrogens (tertiary/aromatic N) is 3. The largest absolute Gasteiger partial charge is 0.493 e. The SMILES string of the molecule is CCC(=O)c1cccc(-n2ccc3cnc(Nc4cc(OC)c(OC)c(OC)c4)nc32)c1. The lowest BCUT2D eigenvalue weighted by Crippen LogP contribution is -2.02. The highest BCUT2D eigenvalue weighted by molar-refractivity contribution is 5.96. The van der Waals surface area contributed by atoms with Gasteiger partial charge in [-0.3, -0.25) is 4.79 Å². The highest BCUT2D eigenvalue weighted by Gasteiger charge is 2.15. The molecule has 0 aliphatic heterocycles. The smallest absolute Gasteiger partial charge is 0.229 e. The summed E-state index contributed by atoms with van der Waals surface area (Å²) in [6, 6.07) is 13.0. The van der Waals surface area contributed by atoms with Crippen molar-refractivity contribution >= 4 is 28.5 Å². The Morgan fingerprint density at radius 1 is 1.03 bits per heavy atom. The Morgan fingerprint density at radius 3 is 2.44 bits per heavy atom. The molecule has 2 heterocycles. The number of aromatic nitrogens is 3. The number of hydrogen-bond acceptors (Lipinski definition) is 7. The fourth-order valence-corrected chi connectivity index (χ4v) is 3.50. The number of Topliss-reactive ketones (excluding diaryl/α,β-unsaturated/α-hetero) is 1. The van der Waals surface area contributed by atoms with E-state index in [4.69, 9.17) is 19.2 Å².